The molecule has 0 unspecified atom stereocenters. The van der Waals surface area contributed by atoms with Crippen molar-refractivity contribution in [3.8, 4) is 0 Å². The number of rotatable bonds is 8. The van der Waals surface area contributed by atoms with E-state index in [2.05, 4.69) is 5.32 Å². The molecule has 0 radical (unpaired) electrons. The van der Waals surface area contributed by atoms with Crippen molar-refractivity contribution in [2.45, 2.75) is 44.5 Å². The van der Waals surface area contributed by atoms with Crippen LogP contribution in [0, 0.1) is 5.92 Å². The Kier molecular flexibility index (Phi) is 8.35. The summed E-state index contributed by atoms with van der Waals surface area (Å²) >= 11 is 0. The zero-order valence-corrected chi connectivity index (χ0v) is 24.9. The zero-order valence-electron chi connectivity index (χ0n) is 24.9. The van der Waals surface area contributed by atoms with Crippen molar-refractivity contribution in [3.05, 3.63) is 107 Å². The molecule has 44 heavy (non-hydrogen) atoms. The molecule has 3 heterocycles. The fourth-order valence-electron chi connectivity index (χ4n) is 6.58. The molecule has 6 rings (SSSR count). The van der Waals surface area contributed by atoms with Gasteiger partial charge in [0.05, 0.1) is 31.4 Å². The van der Waals surface area contributed by atoms with Crippen LogP contribution in [0.25, 0.3) is 0 Å². The van der Waals surface area contributed by atoms with E-state index in [1.54, 1.807) is 39.8 Å². The highest BCUT2D eigenvalue weighted by Gasteiger charge is 2.52. The van der Waals surface area contributed by atoms with Gasteiger partial charge in [0.1, 0.15) is 0 Å². The van der Waals surface area contributed by atoms with Gasteiger partial charge in [0.25, 0.3) is 5.91 Å². The summed E-state index contributed by atoms with van der Waals surface area (Å²) in [6, 6.07) is 22.6. The van der Waals surface area contributed by atoms with Crippen LogP contribution in [0.2, 0.25) is 0 Å². The van der Waals surface area contributed by atoms with Crippen molar-refractivity contribution in [2.75, 3.05) is 36.0 Å². The summed E-state index contributed by atoms with van der Waals surface area (Å²) in [5, 5.41) is 25.3. The second-order valence-corrected chi connectivity index (χ2v) is 11.8. The van der Waals surface area contributed by atoms with E-state index >= 15 is 0 Å². The topological polar surface area (TPSA) is 113 Å². The monoisotopic (exact) mass is 594 g/mol. The first-order valence-corrected chi connectivity index (χ1v) is 15.2. The number of hydrogen-bond acceptors (Lipinski definition) is 6. The van der Waals surface area contributed by atoms with Crippen molar-refractivity contribution in [1.29, 1.82) is 0 Å². The molecule has 0 saturated carbocycles. The number of nitrogens with one attached hydrogen (secondary N) is 1. The van der Waals surface area contributed by atoms with Gasteiger partial charge in [-0.05, 0) is 41.3 Å². The molecule has 9 nitrogen and oxygen atoms in total. The second kappa shape index (κ2) is 12.4. The van der Waals surface area contributed by atoms with Crippen LogP contribution in [0.4, 0.5) is 11.4 Å². The lowest BCUT2D eigenvalue weighted by molar-refractivity contribution is -0.139. The molecule has 3 aliphatic heterocycles. The Hall–Kier alpha value is -4.31. The third-order valence-electron chi connectivity index (χ3n) is 9.10. The molecule has 3 aliphatic rings. The molecule has 1 fully saturated rings. The Morgan fingerprint density at radius 3 is 2.57 bits per heavy atom. The third kappa shape index (κ3) is 5.43. The quantitative estimate of drug-likeness (QED) is 0.346. The van der Waals surface area contributed by atoms with Gasteiger partial charge in [-0.15, -0.1) is 0 Å². The molecule has 3 aromatic rings. The lowest BCUT2D eigenvalue weighted by Gasteiger charge is -2.36. The van der Waals surface area contributed by atoms with Gasteiger partial charge in [-0.2, -0.15) is 0 Å². The molecular weight excluding hydrogens is 556 g/mol. The van der Waals surface area contributed by atoms with Crippen LogP contribution in [0.5, 0.6) is 0 Å². The largest absolute Gasteiger partial charge is 0.394 e. The van der Waals surface area contributed by atoms with Gasteiger partial charge < -0.3 is 30.2 Å². The van der Waals surface area contributed by atoms with Crippen LogP contribution in [-0.2, 0) is 39.5 Å². The molecule has 3 aromatic carbocycles. The number of benzene rings is 3. The lowest BCUT2D eigenvalue weighted by atomic mass is 9.82. The summed E-state index contributed by atoms with van der Waals surface area (Å²) in [6.07, 6.45) is 4.10. The average Bonchev–Trinajstić information content (AvgIpc) is 3.26. The van der Waals surface area contributed by atoms with Gasteiger partial charge in [0, 0.05) is 43.2 Å². The second-order valence-electron chi connectivity index (χ2n) is 11.8. The fraction of sp³-hybridized carbons (Fsp3) is 0.343. The number of aliphatic hydroxyl groups excluding tert-OH is 1. The van der Waals surface area contributed by atoms with Gasteiger partial charge in [0.15, 0.2) is 5.60 Å². The highest BCUT2D eigenvalue weighted by atomic mass is 16.3. The molecular formula is C35H38N4O5. The van der Waals surface area contributed by atoms with Gasteiger partial charge in [-0.25, -0.2) is 0 Å². The van der Waals surface area contributed by atoms with Crippen LogP contribution >= 0.6 is 0 Å². The Balaban J connectivity index is 1.26. The average molecular weight is 595 g/mol. The first-order chi connectivity index (χ1) is 21.3. The van der Waals surface area contributed by atoms with Crippen LogP contribution < -0.4 is 15.1 Å². The summed E-state index contributed by atoms with van der Waals surface area (Å²) in [6.45, 7) is 3.74. The van der Waals surface area contributed by atoms with Gasteiger partial charge in [-0.1, -0.05) is 73.7 Å². The van der Waals surface area contributed by atoms with Crippen LogP contribution in [0.1, 0.15) is 35.6 Å². The molecule has 3 N–H and O–H groups in total. The van der Waals surface area contributed by atoms with Gasteiger partial charge in [0.2, 0.25) is 11.8 Å². The number of fused-ring (bicyclic) bond motifs is 2. The Morgan fingerprint density at radius 1 is 1.07 bits per heavy atom. The van der Waals surface area contributed by atoms with Crippen molar-refractivity contribution < 1.29 is 24.6 Å². The van der Waals surface area contributed by atoms with E-state index in [4.69, 9.17) is 0 Å². The number of piperazine rings is 1. The van der Waals surface area contributed by atoms with E-state index in [-0.39, 0.29) is 44.0 Å². The standard InChI is InChI=1S/C35H38N4O5/c1-24(8-7-13-32(41)38-22-27-12-6-5-11-26(27)18-29(38)23-40)35(44)30-19-28(37-17-16-36-20-33(37)42)14-15-31(30)39(34(35)43)21-25-9-3-2-4-10-25/h2-12,14-15,19,24,29,36,40,44H,13,16-18,20-23H2,1H3/b8-7+/t24-,29-,35+/m0/s1. The summed E-state index contributed by atoms with van der Waals surface area (Å²) in [4.78, 5) is 45.0. The predicted molar refractivity (Wildman–Crippen MR) is 168 cm³/mol. The minimum atomic E-state index is -1.89. The third-order valence-corrected chi connectivity index (χ3v) is 9.10. The number of carbonyl (C=O) groups excluding carboxylic acids is 3. The minimum Gasteiger partial charge on any atom is -0.394 e. The fourth-order valence-corrected chi connectivity index (χ4v) is 6.58. The van der Waals surface area contributed by atoms with E-state index in [1.165, 1.54) is 0 Å². The number of carbonyl (C=O) groups is 3. The molecule has 3 atom stereocenters. The number of aliphatic hydroxyl groups is 2. The molecule has 0 aliphatic carbocycles. The maximum absolute atomic E-state index is 14.1. The Morgan fingerprint density at radius 2 is 1.82 bits per heavy atom. The summed E-state index contributed by atoms with van der Waals surface area (Å²) in [5.41, 5.74) is 2.92. The van der Waals surface area contributed by atoms with Gasteiger partial charge in [-0.3, -0.25) is 14.4 Å². The van der Waals surface area contributed by atoms with E-state index in [1.807, 2.05) is 66.7 Å². The molecule has 3 amide bonds. The summed E-state index contributed by atoms with van der Waals surface area (Å²) < 4.78 is 0. The number of nitrogens with zero attached hydrogens (tertiary/aromatic N) is 3. The highest BCUT2D eigenvalue weighted by molar-refractivity contribution is 6.08. The molecule has 0 bridgehead atoms. The van der Waals surface area contributed by atoms with Crippen molar-refractivity contribution in [2.24, 2.45) is 5.92 Å². The van der Waals surface area contributed by atoms with Crippen molar-refractivity contribution in [1.82, 2.24) is 10.2 Å². The zero-order chi connectivity index (χ0) is 30.8. The van der Waals surface area contributed by atoms with Crippen LogP contribution in [0.3, 0.4) is 0 Å². The highest BCUT2D eigenvalue weighted by Crippen LogP contribution is 2.47. The van der Waals surface area contributed by atoms with Crippen molar-refractivity contribution >= 4 is 29.1 Å². The van der Waals surface area contributed by atoms with E-state index in [9.17, 15) is 24.6 Å². The van der Waals surface area contributed by atoms with E-state index in [0.29, 0.717) is 43.0 Å². The van der Waals surface area contributed by atoms with Crippen LogP contribution in [0.15, 0.2) is 84.9 Å². The maximum atomic E-state index is 14.1. The number of hydrogen-bond donors (Lipinski definition) is 3. The Bertz CT molecular complexity index is 1590. The summed E-state index contributed by atoms with van der Waals surface area (Å²) in [5.74, 6) is -1.32. The predicted octanol–water partition coefficient (Wildman–Crippen LogP) is 2.89. The lowest BCUT2D eigenvalue weighted by Crippen LogP contribution is -2.48. The van der Waals surface area contributed by atoms with Crippen molar-refractivity contribution in [3.63, 3.8) is 0 Å². The summed E-state index contributed by atoms with van der Waals surface area (Å²) in [7, 11) is 0. The normalized spacial score (nSPS) is 22.3. The molecule has 228 valence electrons. The molecule has 0 spiro atoms. The molecule has 1 saturated heterocycles. The van der Waals surface area contributed by atoms with Crippen LogP contribution in [-0.4, -0.2) is 65.1 Å². The first kappa shape index (κ1) is 29.7. The minimum absolute atomic E-state index is 0.0711. The smallest absolute Gasteiger partial charge is 0.264 e. The Labute approximate surface area is 257 Å². The molecule has 9 heteroatoms. The van der Waals surface area contributed by atoms with E-state index < -0.39 is 17.4 Å². The first-order valence-electron chi connectivity index (χ1n) is 15.2. The molecule has 0 aromatic heterocycles. The number of amides is 3. The van der Waals surface area contributed by atoms with E-state index in [0.717, 1.165) is 16.7 Å². The van der Waals surface area contributed by atoms with Gasteiger partial charge >= 0.3 is 0 Å². The number of anilines is 2. The maximum Gasteiger partial charge on any atom is 0.264 e. The SMILES string of the molecule is C[C@@H](/C=C/CC(=O)N1Cc2ccccc2C[C@H]1CO)[C@]1(O)C(=O)N(Cc2ccccc2)c2ccc(N3CCNCC3=O)cc21.